The maximum absolute atomic E-state index is 13.4. The largest absolute Gasteiger partial charge is 0.477 e. The van der Waals surface area contributed by atoms with Gasteiger partial charge in [-0.25, -0.2) is 9.18 Å². The molecule has 1 N–H and O–H groups in total. The van der Waals surface area contributed by atoms with Crippen LogP contribution in [0.25, 0.3) is 10.4 Å². The van der Waals surface area contributed by atoms with Crippen LogP contribution < -0.4 is 0 Å². The molecule has 2 heterocycles. The number of halogens is 2. The van der Waals surface area contributed by atoms with Gasteiger partial charge in [0.1, 0.15) is 10.7 Å². The van der Waals surface area contributed by atoms with Crippen molar-refractivity contribution in [1.29, 1.82) is 0 Å². The Hall–Kier alpha value is -1.04. The van der Waals surface area contributed by atoms with Gasteiger partial charge in [0.25, 0.3) is 0 Å². The predicted molar refractivity (Wildman–Crippen MR) is 71.2 cm³/mol. The van der Waals surface area contributed by atoms with Crippen LogP contribution in [-0.4, -0.2) is 11.1 Å². The average Bonchev–Trinajstić information content (AvgIpc) is 2.72. The van der Waals surface area contributed by atoms with E-state index in [-0.39, 0.29) is 4.88 Å². The van der Waals surface area contributed by atoms with Gasteiger partial charge in [-0.15, -0.1) is 23.1 Å². The molecule has 1 aromatic carbocycles. The summed E-state index contributed by atoms with van der Waals surface area (Å²) in [7, 11) is 0. The molecule has 0 atom stereocenters. The molecule has 1 aliphatic rings. The molecule has 2 nitrogen and oxygen atoms in total. The third kappa shape index (κ3) is 1.83. The number of thioether (sulfide) groups is 1. The molecule has 3 rings (SSSR count). The van der Waals surface area contributed by atoms with Crippen LogP contribution in [0.3, 0.4) is 0 Å². The highest BCUT2D eigenvalue weighted by Gasteiger charge is 2.24. The van der Waals surface area contributed by atoms with Crippen LogP contribution in [0, 0.1) is 5.82 Å². The smallest absolute Gasteiger partial charge is 0.345 e. The Labute approximate surface area is 115 Å². The Kier molecular flexibility index (Phi) is 2.84. The molecule has 0 unspecified atom stereocenters. The minimum absolute atomic E-state index is 0.272. The molecule has 0 fully saturated rings. The van der Waals surface area contributed by atoms with E-state index in [2.05, 4.69) is 0 Å². The number of benzene rings is 1. The molecule has 1 aliphatic heterocycles. The second-order valence-corrected chi connectivity index (χ2v) is 6.27. The number of thiophene rings is 1. The summed E-state index contributed by atoms with van der Waals surface area (Å²) in [5.74, 6) is -0.696. The number of hydrogen-bond donors (Lipinski definition) is 1. The molecule has 0 aliphatic carbocycles. The zero-order valence-corrected chi connectivity index (χ0v) is 11.3. The van der Waals surface area contributed by atoms with Gasteiger partial charge >= 0.3 is 5.97 Å². The molecule has 2 aromatic rings. The minimum Gasteiger partial charge on any atom is -0.477 e. The molecule has 0 bridgehead atoms. The molecule has 1 aromatic heterocycles. The van der Waals surface area contributed by atoms with Crippen molar-refractivity contribution in [3.8, 4) is 10.4 Å². The molecule has 0 saturated carbocycles. The van der Waals surface area contributed by atoms with Crippen molar-refractivity contribution in [2.24, 2.45) is 0 Å². The summed E-state index contributed by atoms with van der Waals surface area (Å²) in [5.41, 5.74) is 1.63. The topological polar surface area (TPSA) is 37.3 Å². The first-order valence-electron chi connectivity index (χ1n) is 5.04. The van der Waals surface area contributed by atoms with Crippen LogP contribution >= 0.6 is 34.7 Å². The molecule has 0 spiro atoms. The van der Waals surface area contributed by atoms with Crippen LogP contribution in [0.4, 0.5) is 4.39 Å². The Balaban J connectivity index is 2.24. The summed E-state index contributed by atoms with van der Waals surface area (Å²) in [6, 6.07) is 4.34. The lowest BCUT2D eigenvalue weighted by atomic mass is 10.1. The summed E-state index contributed by atoms with van der Waals surface area (Å²) >= 11 is 8.68. The second kappa shape index (κ2) is 4.26. The van der Waals surface area contributed by atoms with Crippen LogP contribution in [0.5, 0.6) is 0 Å². The Morgan fingerprint density at radius 2 is 2.17 bits per heavy atom. The van der Waals surface area contributed by atoms with E-state index in [0.717, 1.165) is 15.3 Å². The minimum atomic E-state index is -0.955. The van der Waals surface area contributed by atoms with Crippen LogP contribution in [0.1, 0.15) is 15.2 Å². The fraction of sp³-hybridized carbons (Fsp3) is 0.0833. The number of fused-ring (bicyclic) bond motifs is 3. The number of carboxylic acids is 1. The monoisotopic (exact) mass is 300 g/mol. The van der Waals surface area contributed by atoms with Crippen molar-refractivity contribution in [3.63, 3.8) is 0 Å². The third-order valence-electron chi connectivity index (χ3n) is 2.64. The highest BCUT2D eigenvalue weighted by Crippen LogP contribution is 2.48. The maximum Gasteiger partial charge on any atom is 0.345 e. The summed E-state index contributed by atoms with van der Waals surface area (Å²) in [6.07, 6.45) is 0. The molecule has 92 valence electrons. The predicted octanol–water partition coefficient (Wildman–Crippen LogP) is 4.51. The van der Waals surface area contributed by atoms with Gasteiger partial charge in [0.05, 0.1) is 5.02 Å². The Morgan fingerprint density at radius 1 is 1.39 bits per heavy atom. The number of aromatic carboxylic acids is 1. The third-order valence-corrected chi connectivity index (χ3v) is 5.44. The number of rotatable bonds is 1. The average molecular weight is 301 g/mol. The van der Waals surface area contributed by atoms with Crippen molar-refractivity contribution in [2.45, 2.75) is 10.6 Å². The van der Waals surface area contributed by atoms with Crippen LogP contribution in [0.15, 0.2) is 23.1 Å². The standard InChI is InChI=1S/C12H6ClFO2S2/c13-8-3-6(14)2-7-10-5(4-17-11(7)8)1-9(18-10)12(15)16/h1-3H,4H2,(H,15,16). The quantitative estimate of drug-likeness (QED) is 0.842. The van der Waals surface area contributed by atoms with Gasteiger partial charge in [-0.3, -0.25) is 0 Å². The first-order valence-corrected chi connectivity index (χ1v) is 7.22. The summed E-state index contributed by atoms with van der Waals surface area (Å²) in [4.78, 5) is 12.9. The van der Waals surface area contributed by atoms with Gasteiger partial charge < -0.3 is 5.11 Å². The van der Waals surface area contributed by atoms with E-state index in [4.69, 9.17) is 16.7 Å². The van der Waals surface area contributed by atoms with Gasteiger partial charge in [-0.05, 0) is 23.8 Å². The highest BCUT2D eigenvalue weighted by molar-refractivity contribution is 7.99. The molecule has 0 saturated heterocycles. The lowest BCUT2D eigenvalue weighted by Crippen LogP contribution is -1.94. The summed E-state index contributed by atoms with van der Waals surface area (Å²) in [6.45, 7) is 0. The molecule has 0 radical (unpaired) electrons. The van der Waals surface area contributed by atoms with Gasteiger partial charge in [0.15, 0.2) is 0 Å². The molecular formula is C12H6ClFO2S2. The van der Waals surface area contributed by atoms with Crippen molar-refractivity contribution >= 4 is 40.7 Å². The molecular weight excluding hydrogens is 295 g/mol. The van der Waals surface area contributed by atoms with Crippen LogP contribution in [0.2, 0.25) is 5.02 Å². The van der Waals surface area contributed by atoms with E-state index in [1.165, 1.54) is 35.2 Å². The van der Waals surface area contributed by atoms with E-state index in [9.17, 15) is 9.18 Å². The lowest BCUT2D eigenvalue weighted by Gasteiger charge is -2.16. The maximum atomic E-state index is 13.4. The lowest BCUT2D eigenvalue weighted by molar-refractivity contribution is 0.0702. The SMILES string of the molecule is O=C(O)c1cc2c(s1)-c1cc(F)cc(Cl)c1SC2. The van der Waals surface area contributed by atoms with Gasteiger partial charge in [0.2, 0.25) is 0 Å². The van der Waals surface area contributed by atoms with Crippen molar-refractivity contribution in [2.75, 3.05) is 0 Å². The zero-order valence-electron chi connectivity index (χ0n) is 8.87. The Morgan fingerprint density at radius 3 is 2.89 bits per heavy atom. The fourth-order valence-electron chi connectivity index (χ4n) is 1.89. The van der Waals surface area contributed by atoms with E-state index >= 15 is 0 Å². The van der Waals surface area contributed by atoms with Crippen LogP contribution in [-0.2, 0) is 5.75 Å². The number of hydrogen-bond acceptors (Lipinski definition) is 3. The van der Waals surface area contributed by atoms with E-state index < -0.39 is 11.8 Å². The van der Waals surface area contributed by atoms with Crippen molar-refractivity contribution in [1.82, 2.24) is 0 Å². The van der Waals surface area contributed by atoms with Gasteiger partial charge in [-0.1, -0.05) is 11.6 Å². The first-order chi connectivity index (χ1) is 8.56. The van der Waals surface area contributed by atoms with Gasteiger partial charge in [0, 0.05) is 21.1 Å². The second-order valence-electron chi connectivity index (χ2n) is 3.82. The van der Waals surface area contributed by atoms with E-state index in [0.29, 0.717) is 16.3 Å². The van der Waals surface area contributed by atoms with E-state index in [1.807, 2.05) is 0 Å². The van der Waals surface area contributed by atoms with Gasteiger partial charge in [-0.2, -0.15) is 0 Å². The normalized spacial score (nSPS) is 13.0. The molecule has 6 heteroatoms. The summed E-state index contributed by atoms with van der Waals surface area (Å²) < 4.78 is 13.4. The Bertz CT molecular complexity index is 666. The van der Waals surface area contributed by atoms with Crippen molar-refractivity contribution in [3.05, 3.63) is 39.5 Å². The number of carboxylic acid groups (broad SMARTS) is 1. The number of carbonyl (C=O) groups is 1. The zero-order chi connectivity index (χ0) is 12.9. The first kappa shape index (κ1) is 12.0. The van der Waals surface area contributed by atoms with Crippen molar-refractivity contribution < 1.29 is 14.3 Å². The molecule has 0 amide bonds. The molecule has 18 heavy (non-hydrogen) atoms. The highest BCUT2D eigenvalue weighted by atomic mass is 35.5. The summed E-state index contributed by atoms with van der Waals surface area (Å²) in [5, 5.41) is 9.38. The fourth-order valence-corrected chi connectivity index (χ4v) is 4.50. The van der Waals surface area contributed by atoms with E-state index in [1.54, 1.807) is 6.07 Å².